The fourth-order valence-corrected chi connectivity index (χ4v) is 2.93. The van der Waals surface area contributed by atoms with Crippen LogP contribution in [0.15, 0.2) is 54.7 Å². The van der Waals surface area contributed by atoms with Crippen molar-refractivity contribution in [1.82, 2.24) is 10.4 Å². The zero-order chi connectivity index (χ0) is 20.1. The highest BCUT2D eigenvalue weighted by molar-refractivity contribution is 5.89. The molecule has 0 spiro atoms. The van der Waals surface area contributed by atoms with Crippen LogP contribution in [-0.4, -0.2) is 11.0 Å². The highest BCUT2D eigenvalue weighted by Gasteiger charge is 2.11. The van der Waals surface area contributed by atoms with E-state index in [1.54, 1.807) is 0 Å². The van der Waals surface area contributed by atoms with Gasteiger partial charge < -0.3 is 10.1 Å². The third-order valence-corrected chi connectivity index (χ3v) is 4.54. The summed E-state index contributed by atoms with van der Waals surface area (Å²) in [5.74, 6) is 5.95. The Morgan fingerprint density at radius 1 is 1.07 bits per heavy atom. The van der Waals surface area contributed by atoms with Crippen LogP contribution in [0, 0.1) is 20.8 Å². The Kier molecular flexibility index (Phi) is 5.91. The lowest BCUT2D eigenvalue weighted by Gasteiger charge is -2.16. The van der Waals surface area contributed by atoms with Crippen molar-refractivity contribution in [1.29, 1.82) is 0 Å². The van der Waals surface area contributed by atoms with Gasteiger partial charge in [-0.3, -0.25) is 10.4 Å². The summed E-state index contributed by atoms with van der Waals surface area (Å²) < 4.78 is 6.05. The van der Waals surface area contributed by atoms with E-state index in [1.807, 2.05) is 69.4 Å². The largest absolute Gasteiger partial charge is 0.489 e. The van der Waals surface area contributed by atoms with Crippen LogP contribution in [0.25, 0.3) is 11.3 Å². The first-order valence-corrected chi connectivity index (χ1v) is 9.00. The molecule has 1 aromatic heterocycles. The van der Waals surface area contributed by atoms with Gasteiger partial charge in [-0.2, -0.15) is 0 Å². The number of aryl methyl sites for hydroxylation is 3. The summed E-state index contributed by atoms with van der Waals surface area (Å²) in [6, 6.07) is 15.3. The van der Waals surface area contributed by atoms with E-state index in [0.29, 0.717) is 12.3 Å². The van der Waals surface area contributed by atoms with E-state index in [-0.39, 0.29) is 0 Å². The lowest BCUT2D eigenvalue weighted by atomic mass is 10.1. The van der Waals surface area contributed by atoms with Crippen molar-refractivity contribution in [3.05, 3.63) is 77.0 Å². The Balaban J connectivity index is 1.78. The van der Waals surface area contributed by atoms with Crippen molar-refractivity contribution >= 4 is 11.7 Å². The van der Waals surface area contributed by atoms with Crippen LogP contribution < -0.4 is 21.3 Å². The lowest BCUT2D eigenvalue weighted by molar-refractivity contribution is 0.252. The summed E-state index contributed by atoms with van der Waals surface area (Å²) in [4.78, 5) is 16.0. The number of carbonyl (C=O) groups excluding carboxylic acids is 1. The lowest BCUT2D eigenvalue weighted by Crippen LogP contribution is -2.34. The van der Waals surface area contributed by atoms with Crippen LogP contribution >= 0.6 is 0 Å². The van der Waals surface area contributed by atoms with E-state index in [1.165, 1.54) is 0 Å². The van der Waals surface area contributed by atoms with Gasteiger partial charge in [0.1, 0.15) is 12.4 Å². The van der Waals surface area contributed by atoms with Crippen molar-refractivity contribution in [3.8, 4) is 17.0 Å². The normalized spacial score (nSPS) is 10.4. The number of nitrogens with two attached hydrogens (primary N) is 1. The molecule has 28 heavy (non-hydrogen) atoms. The molecule has 0 fully saturated rings. The van der Waals surface area contributed by atoms with E-state index in [2.05, 4.69) is 21.8 Å². The maximum atomic E-state index is 11.6. The predicted octanol–water partition coefficient (Wildman–Crippen LogP) is 4.25. The van der Waals surface area contributed by atoms with E-state index in [0.717, 1.165) is 39.3 Å². The first-order valence-electron chi connectivity index (χ1n) is 9.00. The van der Waals surface area contributed by atoms with Crippen LogP contribution in [0.4, 0.5) is 10.5 Å². The molecular formula is C22H24N4O2. The molecule has 2 aromatic carbocycles. The number of rotatable bonds is 5. The van der Waals surface area contributed by atoms with Crippen LogP contribution in [0.1, 0.15) is 22.3 Å². The second kappa shape index (κ2) is 8.54. The molecule has 0 saturated heterocycles. The zero-order valence-electron chi connectivity index (χ0n) is 16.2. The van der Waals surface area contributed by atoms with E-state index < -0.39 is 6.03 Å². The zero-order valence-corrected chi connectivity index (χ0v) is 16.2. The Morgan fingerprint density at radius 2 is 1.89 bits per heavy atom. The van der Waals surface area contributed by atoms with Gasteiger partial charge in [-0.1, -0.05) is 18.2 Å². The topological polar surface area (TPSA) is 89.3 Å². The molecule has 0 bridgehead atoms. The van der Waals surface area contributed by atoms with E-state index in [9.17, 15) is 4.79 Å². The minimum atomic E-state index is -0.474. The molecule has 1 heterocycles. The number of hydrazine groups is 1. The van der Waals surface area contributed by atoms with Gasteiger partial charge in [-0.25, -0.2) is 10.6 Å². The summed E-state index contributed by atoms with van der Waals surface area (Å²) >= 11 is 0. The number of hydrogen-bond donors (Lipinski definition) is 3. The molecule has 0 aliphatic carbocycles. The van der Waals surface area contributed by atoms with Crippen LogP contribution in [0.2, 0.25) is 0 Å². The Bertz CT molecular complexity index is 984. The average molecular weight is 376 g/mol. The maximum Gasteiger partial charge on any atom is 0.333 e. The quantitative estimate of drug-likeness (QED) is 0.353. The number of nitrogens with one attached hydrogen (secondary N) is 2. The SMILES string of the molecule is Cc1ccc(-c2ccc(OCc3c(C)cccc3NC(=O)NN)c(C)c2)nc1. The van der Waals surface area contributed by atoms with Crippen molar-refractivity contribution in [2.45, 2.75) is 27.4 Å². The van der Waals surface area contributed by atoms with E-state index >= 15 is 0 Å². The molecule has 0 atom stereocenters. The molecule has 2 amide bonds. The highest BCUT2D eigenvalue weighted by Crippen LogP contribution is 2.27. The van der Waals surface area contributed by atoms with Crippen LogP contribution in [0.3, 0.4) is 0 Å². The fraction of sp³-hybridized carbons (Fsp3) is 0.182. The predicted molar refractivity (Wildman–Crippen MR) is 111 cm³/mol. The number of anilines is 1. The van der Waals surface area contributed by atoms with Crippen molar-refractivity contribution in [2.24, 2.45) is 5.84 Å². The molecule has 0 aliphatic rings. The number of ether oxygens (including phenoxy) is 1. The fourth-order valence-electron chi connectivity index (χ4n) is 2.93. The number of urea groups is 1. The molecule has 0 saturated carbocycles. The average Bonchev–Trinajstić information content (AvgIpc) is 2.69. The second-order valence-corrected chi connectivity index (χ2v) is 6.69. The van der Waals surface area contributed by atoms with Gasteiger partial charge in [-0.15, -0.1) is 0 Å². The van der Waals surface area contributed by atoms with Gasteiger partial charge in [0.2, 0.25) is 0 Å². The number of benzene rings is 2. The molecule has 3 rings (SSSR count). The Morgan fingerprint density at radius 3 is 2.57 bits per heavy atom. The van der Waals surface area contributed by atoms with Crippen molar-refractivity contribution in [3.63, 3.8) is 0 Å². The number of carbonyl (C=O) groups is 1. The smallest absolute Gasteiger partial charge is 0.333 e. The van der Waals surface area contributed by atoms with Gasteiger partial charge in [-0.05, 0) is 67.8 Å². The molecule has 0 aliphatic heterocycles. The van der Waals surface area contributed by atoms with Crippen LogP contribution in [0.5, 0.6) is 5.75 Å². The van der Waals surface area contributed by atoms with Crippen molar-refractivity contribution < 1.29 is 9.53 Å². The van der Waals surface area contributed by atoms with Gasteiger partial charge >= 0.3 is 6.03 Å². The highest BCUT2D eigenvalue weighted by atomic mass is 16.5. The van der Waals surface area contributed by atoms with Gasteiger partial charge in [0, 0.05) is 23.0 Å². The second-order valence-electron chi connectivity index (χ2n) is 6.69. The van der Waals surface area contributed by atoms with Crippen LogP contribution in [-0.2, 0) is 6.61 Å². The van der Waals surface area contributed by atoms with Gasteiger partial charge in [0.15, 0.2) is 0 Å². The standard InChI is InChI=1S/C22H24N4O2/c1-14-7-9-19(24-12-14)17-8-10-21(16(3)11-17)28-13-18-15(2)5-4-6-20(18)25-22(27)26-23/h4-12H,13,23H2,1-3H3,(H2,25,26,27). The Labute approximate surface area is 164 Å². The van der Waals surface area contributed by atoms with E-state index in [4.69, 9.17) is 10.6 Å². The molecule has 6 heteroatoms. The molecule has 0 unspecified atom stereocenters. The molecule has 144 valence electrons. The van der Waals surface area contributed by atoms with Gasteiger partial charge in [0.05, 0.1) is 5.69 Å². The monoisotopic (exact) mass is 376 g/mol. The molecule has 3 aromatic rings. The maximum absolute atomic E-state index is 11.6. The third kappa shape index (κ3) is 4.47. The molecule has 4 N–H and O–H groups in total. The van der Waals surface area contributed by atoms with Gasteiger partial charge in [0.25, 0.3) is 0 Å². The first kappa shape index (κ1) is 19.4. The van der Waals surface area contributed by atoms with Crippen molar-refractivity contribution in [2.75, 3.05) is 5.32 Å². The number of pyridine rings is 1. The Hall–Kier alpha value is -3.38. The first-order chi connectivity index (χ1) is 13.5. The summed E-state index contributed by atoms with van der Waals surface area (Å²) in [5.41, 5.74) is 8.78. The molecule has 6 nitrogen and oxygen atoms in total. The summed E-state index contributed by atoms with van der Waals surface area (Å²) in [5, 5.41) is 2.72. The minimum Gasteiger partial charge on any atom is -0.489 e. The summed E-state index contributed by atoms with van der Waals surface area (Å²) in [6.07, 6.45) is 1.86. The summed E-state index contributed by atoms with van der Waals surface area (Å²) in [6.45, 7) is 6.33. The third-order valence-electron chi connectivity index (χ3n) is 4.54. The number of aromatic nitrogens is 1. The molecule has 0 radical (unpaired) electrons. The summed E-state index contributed by atoms with van der Waals surface area (Å²) in [7, 11) is 0. The minimum absolute atomic E-state index is 0.329. The molecular weight excluding hydrogens is 352 g/mol. The number of amides is 2. The number of hydrogen-bond acceptors (Lipinski definition) is 4. The number of nitrogens with zero attached hydrogens (tertiary/aromatic N) is 1.